The molecule has 0 aliphatic heterocycles. The summed E-state index contributed by atoms with van der Waals surface area (Å²) in [5.41, 5.74) is 0.718. The second-order valence-electron chi connectivity index (χ2n) is 5.98. The maximum Gasteiger partial charge on any atom is 0.335 e. The molecular weight excluding hydrogens is 366 g/mol. The van der Waals surface area contributed by atoms with Crippen molar-refractivity contribution in [3.8, 4) is 11.5 Å². The summed E-state index contributed by atoms with van der Waals surface area (Å²) in [6.45, 7) is 0.0517. The third-order valence-electron chi connectivity index (χ3n) is 3.77. The molecule has 0 unspecified atom stereocenters. The van der Waals surface area contributed by atoms with Crippen LogP contribution in [0.5, 0.6) is 11.5 Å². The summed E-state index contributed by atoms with van der Waals surface area (Å²) < 4.78 is 10.7. The fraction of sp³-hybridized carbons (Fsp3) is 0.263. The second-order valence-corrected chi connectivity index (χ2v) is 5.98. The van der Waals surface area contributed by atoms with Crippen molar-refractivity contribution >= 4 is 17.8 Å². The Hall–Kier alpha value is -3.62. The van der Waals surface area contributed by atoms with Crippen LogP contribution in [-0.4, -0.2) is 60.6 Å². The minimum absolute atomic E-state index is 0.00835. The van der Waals surface area contributed by atoms with Crippen LogP contribution in [0, 0.1) is 0 Å². The molecule has 0 saturated carbocycles. The Morgan fingerprint density at radius 2 is 1.89 bits per heavy atom. The largest absolute Gasteiger partial charge is 0.493 e. The van der Waals surface area contributed by atoms with Gasteiger partial charge in [-0.05, 0) is 29.8 Å². The number of hydrogen-bond donors (Lipinski definition) is 2. The lowest BCUT2D eigenvalue weighted by atomic mass is 10.2. The molecule has 0 saturated heterocycles. The van der Waals surface area contributed by atoms with Gasteiger partial charge in [-0.3, -0.25) is 14.6 Å². The van der Waals surface area contributed by atoms with Gasteiger partial charge in [-0.1, -0.05) is 6.07 Å². The highest BCUT2D eigenvalue weighted by molar-refractivity contribution is 5.95. The van der Waals surface area contributed by atoms with Gasteiger partial charge in [0, 0.05) is 26.8 Å². The number of aromatic carboxylic acids is 1. The third-order valence-corrected chi connectivity index (χ3v) is 3.77. The van der Waals surface area contributed by atoms with Crippen LogP contribution in [0.4, 0.5) is 0 Å². The number of pyridine rings is 1. The van der Waals surface area contributed by atoms with E-state index in [2.05, 4.69) is 10.3 Å². The first kappa shape index (κ1) is 20.7. The zero-order valence-corrected chi connectivity index (χ0v) is 15.8. The van der Waals surface area contributed by atoms with Crippen LogP contribution in [0.2, 0.25) is 0 Å². The van der Waals surface area contributed by atoms with Crippen molar-refractivity contribution < 1.29 is 29.0 Å². The van der Waals surface area contributed by atoms with E-state index in [-0.39, 0.29) is 30.3 Å². The van der Waals surface area contributed by atoms with Crippen molar-refractivity contribution in [1.29, 1.82) is 0 Å². The molecule has 0 fully saturated rings. The normalized spacial score (nSPS) is 10.1. The van der Waals surface area contributed by atoms with E-state index in [9.17, 15) is 14.4 Å². The number of benzene rings is 1. The monoisotopic (exact) mass is 387 g/mol. The van der Waals surface area contributed by atoms with E-state index in [1.807, 2.05) is 0 Å². The Bertz CT molecular complexity index is 882. The van der Waals surface area contributed by atoms with Crippen molar-refractivity contribution in [3.63, 3.8) is 0 Å². The minimum Gasteiger partial charge on any atom is -0.493 e. The predicted molar refractivity (Wildman–Crippen MR) is 99.5 cm³/mol. The molecule has 148 valence electrons. The van der Waals surface area contributed by atoms with Crippen LogP contribution in [0.1, 0.15) is 26.4 Å². The molecule has 0 aliphatic rings. The van der Waals surface area contributed by atoms with E-state index in [4.69, 9.17) is 14.6 Å². The summed E-state index contributed by atoms with van der Waals surface area (Å²) >= 11 is 0. The predicted octanol–water partition coefficient (Wildman–Crippen LogP) is 1.19. The molecule has 0 aliphatic carbocycles. The fourth-order valence-electron chi connectivity index (χ4n) is 2.17. The molecule has 1 heterocycles. The number of carboxylic acid groups (broad SMARTS) is 1. The maximum atomic E-state index is 12.2. The van der Waals surface area contributed by atoms with E-state index < -0.39 is 11.9 Å². The molecule has 0 radical (unpaired) electrons. The summed E-state index contributed by atoms with van der Waals surface area (Å²) in [5.74, 6) is -0.995. The lowest BCUT2D eigenvalue weighted by Crippen LogP contribution is -2.27. The van der Waals surface area contributed by atoms with Crippen molar-refractivity contribution in [2.75, 3.05) is 27.8 Å². The Morgan fingerprint density at radius 3 is 2.54 bits per heavy atom. The number of likely N-dealkylation sites (N-methyl/N-ethyl adjacent to an activating group) is 1. The van der Waals surface area contributed by atoms with Crippen LogP contribution >= 0.6 is 0 Å². The van der Waals surface area contributed by atoms with Crippen LogP contribution in [-0.2, 0) is 11.3 Å². The van der Waals surface area contributed by atoms with Gasteiger partial charge in [0.2, 0.25) is 0 Å². The number of carboxylic acids is 1. The number of aromatic nitrogens is 1. The molecule has 0 spiro atoms. The number of nitrogens with zero attached hydrogens (tertiary/aromatic N) is 2. The molecule has 0 atom stereocenters. The first-order valence-electron chi connectivity index (χ1n) is 8.29. The van der Waals surface area contributed by atoms with Crippen LogP contribution < -0.4 is 14.8 Å². The molecule has 9 heteroatoms. The van der Waals surface area contributed by atoms with E-state index in [1.165, 1.54) is 30.3 Å². The van der Waals surface area contributed by atoms with E-state index >= 15 is 0 Å². The topological polar surface area (TPSA) is 118 Å². The maximum absolute atomic E-state index is 12.2. The van der Waals surface area contributed by atoms with E-state index in [0.717, 1.165) is 5.56 Å². The molecule has 2 aromatic rings. The Labute approximate surface area is 161 Å². The number of methoxy groups -OCH3 is 1. The van der Waals surface area contributed by atoms with Gasteiger partial charge in [0.15, 0.2) is 18.1 Å². The molecule has 2 rings (SSSR count). The van der Waals surface area contributed by atoms with Gasteiger partial charge < -0.3 is 24.8 Å². The number of carbonyl (C=O) groups is 3. The van der Waals surface area contributed by atoms with Gasteiger partial charge in [-0.2, -0.15) is 0 Å². The van der Waals surface area contributed by atoms with Gasteiger partial charge >= 0.3 is 5.97 Å². The highest BCUT2D eigenvalue weighted by Crippen LogP contribution is 2.28. The standard InChI is InChI=1S/C19H21N3O6/c1-22(2)17(23)11-28-15-5-4-12(8-16(15)27-3)10-21-18(24)14-9-13(19(25)26)6-7-20-14/h4-9H,10-11H2,1-3H3,(H,21,24)(H,25,26). The lowest BCUT2D eigenvalue weighted by Gasteiger charge is -2.14. The molecule has 2 amide bonds. The first-order valence-corrected chi connectivity index (χ1v) is 8.29. The molecule has 9 nitrogen and oxygen atoms in total. The molecule has 28 heavy (non-hydrogen) atoms. The quantitative estimate of drug-likeness (QED) is 0.698. The van der Waals surface area contributed by atoms with Gasteiger partial charge in [0.05, 0.1) is 12.7 Å². The number of nitrogens with one attached hydrogen (secondary N) is 1. The zero-order chi connectivity index (χ0) is 20.7. The summed E-state index contributed by atoms with van der Waals surface area (Å²) in [4.78, 5) is 40.1. The van der Waals surface area contributed by atoms with E-state index in [1.54, 1.807) is 32.3 Å². The van der Waals surface area contributed by atoms with Crippen LogP contribution in [0.3, 0.4) is 0 Å². The zero-order valence-electron chi connectivity index (χ0n) is 15.8. The minimum atomic E-state index is -1.13. The number of amides is 2. The van der Waals surface area contributed by atoms with Crippen LogP contribution in [0.15, 0.2) is 36.5 Å². The number of ether oxygens (including phenoxy) is 2. The summed E-state index contributed by atoms with van der Waals surface area (Å²) in [6.07, 6.45) is 1.27. The van der Waals surface area contributed by atoms with Crippen molar-refractivity contribution in [2.45, 2.75) is 6.54 Å². The van der Waals surface area contributed by atoms with Crippen molar-refractivity contribution in [3.05, 3.63) is 53.3 Å². The second kappa shape index (κ2) is 9.36. The Balaban J connectivity index is 2.02. The summed E-state index contributed by atoms with van der Waals surface area (Å²) in [5, 5.41) is 11.6. The highest BCUT2D eigenvalue weighted by Gasteiger charge is 2.13. The summed E-state index contributed by atoms with van der Waals surface area (Å²) in [7, 11) is 4.74. The van der Waals surface area contributed by atoms with Crippen molar-refractivity contribution in [2.24, 2.45) is 0 Å². The van der Waals surface area contributed by atoms with Crippen LogP contribution in [0.25, 0.3) is 0 Å². The average molecular weight is 387 g/mol. The average Bonchev–Trinajstić information content (AvgIpc) is 2.70. The van der Waals surface area contributed by atoms with Gasteiger partial charge in [-0.15, -0.1) is 0 Å². The van der Waals surface area contributed by atoms with E-state index in [0.29, 0.717) is 11.5 Å². The number of rotatable bonds is 8. The lowest BCUT2D eigenvalue weighted by molar-refractivity contribution is -0.130. The first-order chi connectivity index (χ1) is 13.3. The number of carbonyl (C=O) groups excluding carboxylic acids is 2. The SMILES string of the molecule is COc1cc(CNC(=O)c2cc(C(=O)O)ccn2)ccc1OCC(=O)N(C)C. The van der Waals surface area contributed by atoms with Crippen molar-refractivity contribution in [1.82, 2.24) is 15.2 Å². The Kier molecular flexibility index (Phi) is 6.91. The smallest absolute Gasteiger partial charge is 0.335 e. The highest BCUT2D eigenvalue weighted by atomic mass is 16.5. The molecule has 2 N–H and O–H groups in total. The van der Waals surface area contributed by atoms with Gasteiger partial charge in [-0.25, -0.2) is 4.79 Å². The van der Waals surface area contributed by atoms with Gasteiger partial charge in [0.25, 0.3) is 11.8 Å². The summed E-state index contributed by atoms with van der Waals surface area (Å²) in [6, 6.07) is 7.56. The fourth-order valence-corrected chi connectivity index (χ4v) is 2.17. The third kappa shape index (κ3) is 5.44. The molecular formula is C19H21N3O6. The molecule has 0 bridgehead atoms. The molecule has 1 aromatic heterocycles. The number of hydrogen-bond acceptors (Lipinski definition) is 6. The van der Waals surface area contributed by atoms with Gasteiger partial charge in [0.1, 0.15) is 5.69 Å². The Morgan fingerprint density at radius 1 is 1.14 bits per heavy atom. The molecule has 1 aromatic carbocycles.